The molecule has 0 aliphatic rings. The summed E-state index contributed by atoms with van der Waals surface area (Å²) in [6, 6.07) is 18.6. The first-order valence-electron chi connectivity index (χ1n) is 9.40. The summed E-state index contributed by atoms with van der Waals surface area (Å²) in [5.74, 6) is 0.803. The van der Waals surface area contributed by atoms with Crippen LogP contribution >= 0.6 is 0 Å². The first kappa shape index (κ1) is 20.7. The molecule has 0 amide bonds. The maximum Gasteiger partial charge on any atom is 0.426 e. The molecule has 160 valence electrons. The topological polar surface area (TPSA) is 56.5 Å². The SMILES string of the molecule is COc1ccc2ccc(OCC(O)(c3cncn3-c3ccccc3)C(F)(F)F)cc2c1. The van der Waals surface area contributed by atoms with E-state index in [1.807, 2.05) is 6.07 Å². The van der Waals surface area contributed by atoms with Gasteiger partial charge in [-0.05, 0) is 47.2 Å². The van der Waals surface area contributed by atoms with E-state index in [2.05, 4.69) is 4.98 Å². The molecule has 4 rings (SSSR count). The van der Waals surface area contributed by atoms with Crippen LogP contribution < -0.4 is 9.47 Å². The van der Waals surface area contributed by atoms with E-state index in [1.54, 1.807) is 60.7 Å². The molecule has 0 radical (unpaired) electrons. The Morgan fingerprint density at radius 2 is 1.61 bits per heavy atom. The molecule has 1 aromatic heterocycles. The average Bonchev–Trinajstić information content (AvgIpc) is 3.27. The number of aromatic nitrogens is 2. The number of hydrogen-bond donors (Lipinski definition) is 1. The first-order valence-corrected chi connectivity index (χ1v) is 9.40. The van der Waals surface area contributed by atoms with E-state index < -0.39 is 24.1 Å². The van der Waals surface area contributed by atoms with Crippen LogP contribution in [0.25, 0.3) is 16.5 Å². The van der Waals surface area contributed by atoms with Crippen molar-refractivity contribution in [3.63, 3.8) is 0 Å². The summed E-state index contributed by atoms with van der Waals surface area (Å²) in [6.07, 6.45) is -2.78. The first-order chi connectivity index (χ1) is 14.8. The van der Waals surface area contributed by atoms with Gasteiger partial charge < -0.3 is 14.6 Å². The van der Waals surface area contributed by atoms with Gasteiger partial charge in [0.25, 0.3) is 0 Å². The van der Waals surface area contributed by atoms with Crippen LogP contribution in [0.15, 0.2) is 79.3 Å². The van der Waals surface area contributed by atoms with Crippen LogP contribution in [0.5, 0.6) is 11.5 Å². The van der Waals surface area contributed by atoms with E-state index in [4.69, 9.17) is 9.47 Å². The molecular weight excluding hydrogens is 409 g/mol. The maximum absolute atomic E-state index is 14.0. The number of imidazole rings is 1. The van der Waals surface area contributed by atoms with E-state index in [0.29, 0.717) is 11.4 Å². The maximum atomic E-state index is 14.0. The summed E-state index contributed by atoms with van der Waals surface area (Å²) in [5, 5.41) is 12.4. The summed E-state index contributed by atoms with van der Waals surface area (Å²) in [5.41, 5.74) is -3.27. The van der Waals surface area contributed by atoms with E-state index in [0.717, 1.165) is 17.0 Å². The number of alkyl halides is 3. The highest BCUT2D eigenvalue weighted by Gasteiger charge is 2.58. The molecule has 31 heavy (non-hydrogen) atoms. The zero-order chi connectivity index (χ0) is 22.1. The number of rotatable bonds is 6. The summed E-state index contributed by atoms with van der Waals surface area (Å²) in [7, 11) is 1.53. The minimum Gasteiger partial charge on any atom is -0.497 e. The number of nitrogens with zero attached hydrogens (tertiary/aromatic N) is 2. The van der Waals surface area contributed by atoms with Gasteiger partial charge >= 0.3 is 6.18 Å². The molecule has 0 aliphatic carbocycles. The Kier molecular flexibility index (Phi) is 5.32. The Morgan fingerprint density at radius 1 is 0.935 bits per heavy atom. The van der Waals surface area contributed by atoms with Gasteiger partial charge in [0.1, 0.15) is 18.1 Å². The van der Waals surface area contributed by atoms with Gasteiger partial charge in [0, 0.05) is 5.69 Å². The van der Waals surface area contributed by atoms with Gasteiger partial charge in [0.05, 0.1) is 25.3 Å². The molecule has 4 aromatic rings. The third kappa shape index (κ3) is 3.94. The third-order valence-corrected chi connectivity index (χ3v) is 5.03. The molecule has 3 aromatic carbocycles. The van der Waals surface area contributed by atoms with Crippen LogP contribution in [0.4, 0.5) is 13.2 Å². The quantitative estimate of drug-likeness (QED) is 0.477. The summed E-state index contributed by atoms with van der Waals surface area (Å²) in [6.45, 7) is -1.04. The number of fused-ring (bicyclic) bond motifs is 1. The second-order valence-electron chi connectivity index (χ2n) is 7.01. The van der Waals surface area contributed by atoms with Crippen molar-refractivity contribution >= 4 is 10.8 Å². The molecule has 0 fully saturated rings. The summed E-state index contributed by atoms with van der Waals surface area (Å²) >= 11 is 0. The lowest BCUT2D eigenvalue weighted by molar-refractivity contribution is -0.277. The number of halogens is 3. The van der Waals surface area contributed by atoms with Gasteiger partial charge in [-0.2, -0.15) is 13.2 Å². The fourth-order valence-corrected chi connectivity index (χ4v) is 3.30. The van der Waals surface area contributed by atoms with Crippen molar-refractivity contribution in [3.05, 3.63) is 84.9 Å². The smallest absolute Gasteiger partial charge is 0.426 e. The lowest BCUT2D eigenvalue weighted by atomic mass is 10.00. The van der Waals surface area contributed by atoms with Crippen molar-refractivity contribution in [2.24, 2.45) is 0 Å². The highest BCUT2D eigenvalue weighted by atomic mass is 19.4. The Hall–Kier alpha value is -3.52. The predicted octanol–water partition coefficient (Wildman–Crippen LogP) is 4.86. The van der Waals surface area contributed by atoms with Crippen LogP contribution in [-0.2, 0) is 5.60 Å². The largest absolute Gasteiger partial charge is 0.497 e. The molecule has 1 atom stereocenters. The Bertz CT molecular complexity index is 1190. The zero-order valence-electron chi connectivity index (χ0n) is 16.5. The van der Waals surface area contributed by atoms with Crippen molar-refractivity contribution < 1.29 is 27.8 Å². The van der Waals surface area contributed by atoms with Crippen LogP contribution in [0.2, 0.25) is 0 Å². The van der Waals surface area contributed by atoms with Crippen LogP contribution in [0.3, 0.4) is 0 Å². The van der Waals surface area contributed by atoms with Crippen molar-refractivity contribution in [1.29, 1.82) is 0 Å². The van der Waals surface area contributed by atoms with Gasteiger partial charge in [-0.15, -0.1) is 0 Å². The highest BCUT2D eigenvalue weighted by molar-refractivity contribution is 5.85. The molecule has 1 unspecified atom stereocenters. The van der Waals surface area contributed by atoms with Gasteiger partial charge in [-0.1, -0.05) is 30.3 Å². The summed E-state index contributed by atoms with van der Waals surface area (Å²) < 4.78 is 53.9. The van der Waals surface area contributed by atoms with E-state index in [-0.39, 0.29) is 5.75 Å². The van der Waals surface area contributed by atoms with Crippen LogP contribution in [0.1, 0.15) is 5.69 Å². The average molecular weight is 428 g/mol. The van der Waals surface area contributed by atoms with Gasteiger partial charge in [0.2, 0.25) is 5.60 Å². The highest BCUT2D eigenvalue weighted by Crippen LogP contribution is 2.40. The van der Waals surface area contributed by atoms with Gasteiger partial charge in [-0.3, -0.25) is 4.57 Å². The molecular formula is C23H19F3N2O3. The number of benzene rings is 3. The predicted molar refractivity (Wildman–Crippen MR) is 110 cm³/mol. The third-order valence-electron chi connectivity index (χ3n) is 5.03. The number of methoxy groups -OCH3 is 1. The minimum absolute atomic E-state index is 0.189. The van der Waals surface area contributed by atoms with Crippen molar-refractivity contribution in [2.75, 3.05) is 13.7 Å². The second kappa shape index (κ2) is 7.96. The van der Waals surface area contributed by atoms with E-state index in [1.165, 1.54) is 18.0 Å². The van der Waals surface area contributed by atoms with Crippen LogP contribution in [0, 0.1) is 0 Å². The molecule has 0 saturated heterocycles. The van der Waals surface area contributed by atoms with Gasteiger partial charge in [-0.25, -0.2) is 4.98 Å². The van der Waals surface area contributed by atoms with Crippen molar-refractivity contribution in [2.45, 2.75) is 11.8 Å². The Labute approximate surface area is 176 Å². The lowest BCUT2D eigenvalue weighted by Crippen LogP contribution is -2.48. The molecule has 1 heterocycles. The zero-order valence-corrected chi connectivity index (χ0v) is 16.5. The molecule has 0 spiro atoms. The monoisotopic (exact) mass is 428 g/mol. The normalized spacial score (nSPS) is 13.7. The molecule has 8 heteroatoms. The lowest BCUT2D eigenvalue weighted by Gasteiger charge is -2.31. The molecule has 0 bridgehead atoms. The Balaban J connectivity index is 1.67. The molecule has 0 saturated carbocycles. The standard InChI is InChI=1S/C23H19F3N2O3/c1-30-19-9-7-16-8-10-20(12-17(16)11-19)31-14-22(29,23(24,25)26)21-13-27-15-28(21)18-5-3-2-4-6-18/h2-13,15,29H,14H2,1H3. The minimum atomic E-state index is -5.00. The summed E-state index contributed by atoms with van der Waals surface area (Å²) in [4.78, 5) is 3.83. The second-order valence-corrected chi connectivity index (χ2v) is 7.01. The fraction of sp³-hybridized carbons (Fsp3) is 0.174. The fourth-order valence-electron chi connectivity index (χ4n) is 3.30. The van der Waals surface area contributed by atoms with Crippen molar-refractivity contribution in [1.82, 2.24) is 9.55 Å². The van der Waals surface area contributed by atoms with E-state index in [9.17, 15) is 18.3 Å². The number of aliphatic hydroxyl groups is 1. The van der Waals surface area contributed by atoms with E-state index >= 15 is 0 Å². The molecule has 1 N–H and O–H groups in total. The Morgan fingerprint density at radius 3 is 2.29 bits per heavy atom. The number of para-hydroxylation sites is 1. The van der Waals surface area contributed by atoms with Crippen molar-refractivity contribution in [3.8, 4) is 17.2 Å². The molecule has 5 nitrogen and oxygen atoms in total. The number of ether oxygens (including phenoxy) is 2. The van der Waals surface area contributed by atoms with Crippen LogP contribution in [-0.4, -0.2) is 34.6 Å². The molecule has 0 aliphatic heterocycles. The number of hydrogen-bond acceptors (Lipinski definition) is 4. The van der Waals surface area contributed by atoms with Gasteiger partial charge in [0.15, 0.2) is 0 Å².